The van der Waals surface area contributed by atoms with E-state index in [4.69, 9.17) is 1.37 Å². The first-order valence-corrected chi connectivity index (χ1v) is 4.61. The van der Waals surface area contributed by atoms with Gasteiger partial charge in [-0.2, -0.15) is 8.78 Å². The zero-order valence-electron chi connectivity index (χ0n) is 7.17. The third-order valence-corrected chi connectivity index (χ3v) is 2.63. The lowest BCUT2D eigenvalue weighted by Gasteiger charge is -2.01. The van der Waals surface area contributed by atoms with Gasteiger partial charge in [0, 0.05) is 0 Å². The minimum Gasteiger partial charge on any atom is -0.218 e. The molecular weight excluding hydrogens is 205 g/mol. The second-order valence-corrected chi connectivity index (χ2v) is 3.97. The van der Waals surface area contributed by atoms with Crippen LogP contribution in [-0.2, 0) is 9.84 Å². The molecule has 0 aromatic heterocycles. The zero-order valence-corrected chi connectivity index (χ0v) is 6.98. The molecule has 1 aromatic carbocycles. The van der Waals surface area contributed by atoms with Crippen LogP contribution in [0, 0.1) is 5.82 Å². The largest absolute Gasteiger partial charge is 0.341 e. The van der Waals surface area contributed by atoms with Crippen LogP contribution in [0.1, 0.15) is 1.37 Å². The van der Waals surface area contributed by atoms with Crippen LogP contribution in [-0.4, -0.2) is 14.2 Å². The molecule has 1 rings (SSSR count). The number of benzene rings is 1. The minimum absolute atomic E-state index is 0.688. The molecule has 0 bridgehead atoms. The Kier molecular flexibility index (Phi) is 2.22. The van der Waals surface area contributed by atoms with Crippen LogP contribution >= 0.6 is 0 Å². The Morgan fingerprint density at radius 2 is 1.69 bits per heavy atom. The molecule has 0 saturated heterocycles. The Hall–Kier alpha value is -1.04. The van der Waals surface area contributed by atoms with E-state index in [0.29, 0.717) is 12.1 Å². The average Bonchev–Trinajstić information content (AvgIpc) is 2.03. The molecule has 0 aliphatic heterocycles. The SMILES string of the molecule is [2H]C(F)(F)S(=O)(=O)c1ccc(F)cc1. The van der Waals surface area contributed by atoms with Crippen LogP contribution < -0.4 is 0 Å². The molecule has 0 saturated carbocycles. The third kappa shape index (κ3) is 2.00. The van der Waals surface area contributed by atoms with E-state index in [2.05, 4.69) is 0 Å². The monoisotopic (exact) mass is 211 g/mol. The maximum Gasteiger partial charge on any atom is 0.341 e. The van der Waals surface area contributed by atoms with Crippen LogP contribution in [0.3, 0.4) is 0 Å². The van der Waals surface area contributed by atoms with Gasteiger partial charge in [0.1, 0.15) is 7.19 Å². The normalized spacial score (nSPS) is 13.9. The molecule has 0 spiro atoms. The Balaban J connectivity index is 3.25. The molecule has 0 heterocycles. The molecular formula is C7H5F3O2S. The van der Waals surface area contributed by atoms with Crippen molar-refractivity contribution in [1.82, 2.24) is 0 Å². The lowest BCUT2D eigenvalue weighted by Crippen LogP contribution is -2.11. The van der Waals surface area contributed by atoms with Gasteiger partial charge in [0.05, 0.1) is 4.90 Å². The molecule has 0 aliphatic rings. The highest BCUT2D eigenvalue weighted by Gasteiger charge is 2.26. The first-order valence-electron chi connectivity index (χ1n) is 3.63. The van der Waals surface area contributed by atoms with Crippen LogP contribution in [0.25, 0.3) is 0 Å². The summed E-state index contributed by atoms with van der Waals surface area (Å²) in [6, 6.07) is 2.84. The van der Waals surface area contributed by atoms with Crippen molar-refractivity contribution in [2.75, 3.05) is 0 Å². The Morgan fingerprint density at radius 1 is 1.23 bits per heavy atom. The van der Waals surface area contributed by atoms with E-state index in [0.717, 1.165) is 12.1 Å². The van der Waals surface area contributed by atoms with E-state index < -0.39 is 26.3 Å². The molecule has 13 heavy (non-hydrogen) atoms. The average molecular weight is 211 g/mol. The summed E-state index contributed by atoms with van der Waals surface area (Å²) in [5, 5.41) is 0. The topological polar surface area (TPSA) is 34.1 Å². The van der Waals surface area contributed by atoms with E-state index in [1.54, 1.807) is 0 Å². The smallest absolute Gasteiger partial charge is 0.218 e. The maximum atomic E-state index is 12.3. The van der Waals surface area contributed by atoms with E-state index in [-0.39, 0.29) is 0 Å². The number of alkyl halides is 2. The van der Waals surface area contributed by atoms with Gasteiger partial charge in [-0.05, 0) is 24.3 Å². The van der Waals surface area contributed by atoms with Crippen molar-refractivity contribution < 1.29 is 23.0 Å². The molecule has 0 atom stereocenters. The van der Waals surface area contributed by atoms with Crippen LogP contribution in [0.4, 0.5) is 13.2 Å². The van der Waals surface area contributed by atoms with Gasteiger partial charge in [0.2, 0.25) is 9.84 Å². The summed E-state index contributed by atoms with van der Waals surface area (Å²) < 4.78 is 64.8. The summed E-state index contributed by atoms with van der Waals surface area (Å²) in [5.74, 6) is -0.739. The van der Waals surface area contributed by atoms with Gasteiger partial charge in [0.15, 0.2) is 0 Å². The predicted molar refractivity (Wildman–Crippen MR) is 39.6 cm³/mol. The zero-order chi connectivity index (χ0) is 11.0. The number of hydrogen-bond donors (Lipinski definition) is 0. The van der Waals surface area contributed by atoms with Crippen LogP contribution in [0.15, 0.2) is 29.2 Å². The Bertz CT molecular complexity index is 421. The van der Waals surface area contributed by atoms with Crippen molar-refractivity contribution in [1.29, 1.82) is 0 Å². The van der Waals surface area contributed by atoms with Crippen molar-refractivity contribution in [3.8, 4) is 0 Å². The molecule has 2 nitrogen and oxygen atoms in total. The summed E-state index contributed by atoms with van der Waals surface area (Å²) in [4.78, 5) is -0.779. The van der Waals surface area contributed by atoms with Crippen LogP contribution in [0.5, 0.6) is 0 Å². The summed E-state index contributed by atoms with van der Waals surface area (Å²) in [7, 11) is -5.03. The predicted octanol–water partition coefficient (Wildman–Crippen LogP) is 1.82. The summed E-state index contributed by atoms with van der Waals surface area (Å²) in [6.07, 6.45) is 0. The highest BCUT2D eigenvalue weighted by molar-refractivity contribution is 7.91. The standard InChI is InChI=1S/C7H5F3O2S/c8-5-1-3-6(4-2-5)13(11,12)7(9)10/h1-4,7H/i7D. The lowest BCUT2D eigenvalue weighted by atomic mass is 10.4. The molecule has 0 aliphatic carbocycles. The minimum atomic E-state index is -5.03. The van der Waals surface area contributed by atoms with E-state index in [1.165, 1.54) is 0 Å². The number of sulfone groups is 1. The molecule has 0 fully saturated rings. The van der Waals surface area contributed by atoms with Crippen molar-refractivity contribution in [3.63, 3.8) is 0 Å². The van der Waals surface area contributed by atoms with Gasteiger partial charge < -0.3 is 0 Å². The van der Waals surface area contributed by atoms with Gasteiger partial charge in [-0.3, -0.25) is 0 Å². The van der Waals surface area contributed by atoms with E-state index in [1.807, 2.05) is 0 Å². The van der Waals surface area contributed by atoms with Gasteiger partial charge >= 0.3 is 5.73 Å². The first kappa shape index (κ1) is 8.55. The van der Waals surface area contributed by atoms with Crippen LogP contribution in [0.2, 0.25) is 0 Å². The van der Waals surface area contributed by atoms with Crippen molar-refractivity contribution >= 4 is 9.84 Å². The molecule has 0 unspecified atom stereocenters. The lowest BCUT2D eigenvalue weighted by molar-refractivity contribution is 0.234. The maximum absolute atomic E-state index is 12.3. The Morgan fingerprint density at radius 3 is 2.08 bits per heavy atom. The van der Waals surface area contributed by atoms with Gasteiger partial charge in [-0.15, -0.1) is 0 Å². The Labute approximate surface area is 74.3 Å². The number of halogens is 3. The van der Waals surface area contributed by atoms with Gasteiger partial charge in [-0.1, -0.05) is 0 Å². The van der Waals surface area contributed by atoms with Crippen molar-refractivity contribution in [2.24, 2.45) is 0 Å². The highest BCUT2D eigenvalue weighted by atomic mass is 32.2. The fourth-order valence-corrected chi connectivity index (χ4v) is 1.38. The van der Waals surface area contributed by atoms with E-state index >= 15 is 0 Å². The molecule has 0 amide bonds. The first-order chi connectivity index (χ1) is 6.25. The van der Waals surface area contributed by atoms with Crippen molar-refractivity contribution in [3.05, 3.63) is 30.1 Å². The molecule has 0 radical (unpaired) electrons. The van der Waals surface area contributed by atoms with Crippen molar-refractivity contribution in [2.45, 2.75) is 10.6 Å². The van der Waals surface area contributed by atoms with Gasteiger partial charge in [-0.25, -0.2) is 12.8 Å². The summed E-state index contributed by atoms with van der Waals surface area (Å²) >= 11 is 0. The van der Waals surface area contributed by atoms with E-state index in [9.17, 15) is 21.6 Å². The third-order valence-electron chi connectivity index (χ3n) is 1.33. The number of rotatable bonds is 2. The molecule has 0 N–H and O–H groups in total. The fourth-order valence-electron chi connectivity index (χ4n) is 0.703. The second-order valence-electron chi connectivity index (χ2n) is 2.18. The fraction of sp³-hybridized carbons (Fsp3) is 0.143. The molecule has 72 valence electrons. The molecule has 1 aromatic rings. The number of hydrogen-bond acceptors (Lipinski definition) is 2. The second kappa shape index (κ2) is 3.37. The molecule has 6 heteroatoms. The van der Waals surface area contributed by atoms with Gasteiger partial charge in [0.25, 0.3) is 0 Å². The summed E-state index contributed by atoms with van der Waals surface area (Å²) in [5.41, 5.74) is -4.61. The highest BCUT2D eigenvalue weighted by Crippen LogP contribution is 2.17. The summed E-state index contributed by atoms with van der Waals surface area (Å²) in [6.45, 7) is 0. The quantitative estimate of drug-likeness (QED) is 0.699.